The van der Waals surface area contributed by atoms with Gasteiger partial charge in [0, 0.05) is 42.7 Å². The van der Waals surface area contributed by atoms with Gasteiger partial charge in [-0.25, -0.2) is 4.98 Å². The number of rotatable bonds is 8. The highest BCUT2D eigenvalue weighted by molar-refractivity contribution is 6.30. The first kappa shape index (κ1) is 23.1. The van der Waals surface area contributed by atoms with E-state index in [2.05, 4.69) is 15.6 Å². The number of nitrogens with zero attached hydrogens (tertiary/aromatic N) is 1. The largest absolute Gasteiger partial charge is 0.354 e. The van der Waals surface area contributed by atoms with E-state index in [-0.39, 0.29) is 29.8 Å². The lowest BCUT2D eigenvalue weighted by molar-refractivity contribution is -0.188. The maximum absolute atomic E-state index is 12.7. The molecule has 0 saturated carbocycles. The van der Waals surface area contributed by atoms with Crippen LogP contribution in [0.25, 0.3) is 0 Å². The van der Waals surface area contributed by atoms with Gasteiger partial charge in [-0.15, -0.1) is 0 Å². The van der Waals surface area contributed by atoms with E-state index in [0.29, 0.717) is 55.3 Å². The number of benzene rings is 1. The summed E-state index contributed by atoms with van der Waals surface area (Å²) in [5.41, 5.74) is 7.83. The molecule has 0 spiro atoms. The summed E-state index contributed by atoms with van der Waals surface area (Å²) >= 11 is 6.06. The van der Waals surface area contributed by atoms with E-state index >= 15 is 0 Å². The Kier molecular flexibility index (Phi) is 8.36. The normalized spacial score (nSPS) is 18.4. The molecule has 0 bridgehead atoms. The van der Waals surface area contributed by atoms with Crippen LogP contribution in [0.3, 0.4) is 0 Å². The van der Waals surface area contributed by atoms with Crippen molar-refractivity contribution >= 4 is 23.4 Å². The summed E-state index contributed by atoms with van der Waals surface area (Å²) in [6.07, 6.45) is 1.51. The van der Waals surface area contributed by atoms with E-state index < -0.39 is 0 Å². The van der Waals surface area contributed by atoms with E-state index in [1.807, 2.05) is 18.2 Å². The summed E-state index contributed by atoms with van der Waals surface area (Å²) in [5, 5.41) is 6.04. The highest BCUT2D eigenvalue weighted by atomic mass is 35.5. The maximum atomic E-state index is 12.7. The molecule has 2 amide bonds. The Bertz CT molecular complexity index is 916. The average Bonchev–Trinajstić information content (AvgIpc) is 2.77. The second kappa shape index (κ2) is 11.2. The smallest absolute Gasteiger partial charge is 0.269 e. The number of hydrogen-bond acceptors (Lipinski definition) is 6. The van der Waals surface area contributed by atoms with Crippen molar-refractivity contribution in [1.82, 2.24) is 15.6 Å². The molecule has 8 nitrogen and oxygen atoms in total. The van der Waals surface area contributed by atoms with E-state index in [1.54, 1.807) is 12.1 Å². The molecule has 0 atom stereocenters. The summed E-state index contributed by atoms with van der Waals surface area (Å²) in [7, 11) is 1.52. The third kappa shape index (κ3) is 7.00. The first-order chi connectivity index (χ1) is 14.9. The van der Waals surface area contributed by atoms with Crippen molar-refractivity contribution in [2.45, 2.75) is 31.6 Å². The van der Waals surface area contributed by atoms with Crippen molar-refractivity contribution in [3.05, 3.63) is 63.9 Å². The fourth-order valence-electron chi connectivity index (χ4n) is 3.21. The summed E-state index contributed by atoms with van der Waals surface area (Å²) in [5.74, 6) is -0.626. The molecule has 1 fully saturated rings. The quantitative estimate of drug-likeness (QED) is 0.533. The number of nitrogens with one attached hydrogen (secondary N) is 2. The van der Waals surface area contributed by atoms with Gasteiger partial charge in [-0.1, -0.05) is 23.7 Å². The van der Waals surface area contributed by atoms with Crippen LogP contribution in [0.5, 0.6) is 0 Å². The van der Waals surface area contributed by atoms with Crippen molar-refractivity contribution in [2.24, 2.45) is 5.73 Å². The Morgan fingerprint density at radius 2 is 1.97 bits per heavy atom. The molecule has 1 aliphatic heterocycles. The van der Waals surface area contributed by atoms with Gasteiger partial charge in [-0.2, -0.15) is 0 Å². The number of pyridine rings is 1. The molecule has 9 heteroatoms. The van der Waals surface area contributed by atoms with Gasteiger partial charge in [0.15, 0.2) is 6.29 Å². The standard InChI is InChI=1S/C22H27ClN4O4/c1-25-22(29)19-11-15(10-18(27-19)9-14-4-2-5-16(23)8-14)21(28)26-7-3-6-20-30-12-17(24)13-31-20/h2,4-5,8,10-11,17,20H,3,6-7,9,12-13,24H2,1H3,(H,25,29)(H,26,28)/t17-,20-. The molecule has 4 N–H and O–H groups in total. The zero-order valence-electron chi connectivity index (χ0n) is 17.4. The van der Waals surface area contributed by atoms with Crippen LogP contribution in [0.2, 0.25) is 5.02 Å². The van der Waals surface area contributed by atoms with Crippen LogP contribution in [-0.4, -0.2) is 55.9 Å². The van der Waals surface area contributed by atoms with E-state index in [9.17, 15) is 9.59 Å². The second-order valence-electron chi connectivity index (χ2n) is 7.37. The number of ether oxygens (including phenoxy) is 2. The van der Waals surface area contributed by atoms with Crippen molar-refractivity contribution < 1.29 is 19.1 Å². The second-order valence-corrected chi connectivity index (χ2v) is 7.81. The SMILES string of the molecule is CNC(=O)c1cc(C(=O)NCCC[C@H]2OC[C@H](N)CO2)cc(Cc2cccc(Cl)c2)n1. The zero-order valence-corrected chi connectivity index (χ0v) is 18.2. The first-order valence-corrected chi connectivity index (χ1v) is 10.6. The number of carbonyl (C=O) groups is 2. The molecule has 3 rings (SSSR count). The monoisotopic (exact) mass is 446 g/mol. The van der Waals surface area contributed by atoms with E-state index in [0.717, 1.165) is 5.56 Å². The number of aromatic nitrogens is 1. The fourth-order valence-corrected chi connectivity index (χ4v) is 3.42. The summed E-state index contributed by atoms with van der Waals surface area (Å²) in [4.78, 5) is 29.2. The minimum Gasteiger partial charge on any atom is -0.354 e. The molecule has 1 aromatic heterocycles. The van der Waals surface area contributed by atoms with Gasteiger partial charge >= 0.3 is 0 Å². The van der Waals surface area contributed by atoms with Gasteiger partial charge in [-0.3, -0.25) is 9.59 Å². The predicted molar refractivity (Wildman–Crippen MR) is 117 cm³/mol. The van der Waals surface area contributed by atoms with Crippen LogP contribution >= 0.6 is 11.6 Å². The van der Waals surface area contributed by atoms with Gasteiger partial charge in [0.2, 0.25) is 0 Å². The van der Waals surface area contributed by atoms with Gasteiger partial charge in [-0.05, 0) is 36.2 Å². The van der Waals surface area contributed by atoms with Crippen LogP contribution in [0, 0.1) is 0 Å². The van der Waals surface area contributed by atoms with Crippen LogP contribution in [0.4, 0.5) is 0 Å². The van der Waals surface area contributed by atoms with Crippen LogP contribution < -0.4 is 16.4 Å². The first-order valence-electron chi connectivity index (χ1n) is 10.2. The Morgan fingerprint density at radius 1 is 1.19 bits per heavy atom. The Morgan fingerprint density at radius 3 is 2.68 bits per heavy atom. The van der Waals surface area contributed by atoms with Crippen LogP contribution in [0.1, 0.15) is 44.9 Å². The molecule has 1 saturated heterocycles. The third-order valence-electron chi connectivity index (χ3n) is 4.77. The minimum atomic E-state index is -0.355. The molecule has 0 radical (unpaired) electrons. The number of hydrogen-bond donors (Lipinski definition) is 3. The van der Waals surface area contributed by atoms with E-state index in [4.69, 9.17) is 26.8 Å². The molecule has 166 valence electrons. The average molecular weight is 447 g/mol. The molecular weight excluding hydrogens is 420 g/mol. The number of carbonyl (C=O) groups excluding carboxylic acids is 2. The van der Waals surface area contributed by atoms with Crippen LogP contribution in [0.15, 0.2) is 36.4 Å². The molecule has 31 heavy (non-hydrogen) atoms. The Balaban J connectivity index is 1.62. The minimum absolute atomic E-state index is 0.0849. The topological polar surface area (TPSA) is 116 Å². The number of halogens is 1. The van der Waals surface area contributed by atoms with Gasteiger partial charge < -0.3 is 25.8 Å². The Hall–Kier alpha value is -2.52. The van der Waals surface area contributed by atoms with Gasteiger partial charge in [0.1, 0.15) is 5.69 Å². The lowest BCUT2D eigenvalue weighted by Crippen LogP contribution is -2.41. The molecule has 1 aliphatic rings. The van der Waals surface area contributed by atoms with Crippen molar-refractivity contribution in [2.75, 3.05) is 26.8 Å². The maximum Gasteiger partial charge on any atom is 0.269 e. The lowest BCUT2D eigenvalue weighted by Gasteiger charge is -2.27. The van der Waals surface area contributed by atoms with Crippen molar-refractivity contribution in [3.63, 3.8) is 0 Å². The van der Waals surface area contributed by atoms with Crippen molar-refractivity contribution in [3.8, 4) is 0 Å². The predicted octanol–water partition coefficient (Wildman–Crippen LogP) is 1.90. The number of amides is 2. The highest BCUT2D eigenvalue weighted by Gasteiger charge is 2.19. The highest BCUT2D eigenvalue weighted by Crippen LogP contribution is 2.16. The summed E-state index contributed by atoms with van der Waals surface area (Å²) in [6.45, 7) is 1.41. The van der Waals surface area contributed by atoms with Gasteiger partial charge in [0.25, 0.3) is 11.8 Å². The lowest BCUT2D eigenvalue weighted by atomic mass is 10.1. The zero-order chi connectivity index (χ0) is 22.2. The van der Waals surface area contributed by atoms with Gasteiger partial charge in [0.05, 0.1) is 19.3 Å². The summed E-state index contributed by atoms with van der Waals surface area (Å²) in [6, 6.07) is 10.5. The number of nitrogens with two attached hydrogens (primary N) is 1. The van der Waals surface area contributed by atoms with Crippen LogP contribution in [-0.2, 0) is 15.9 Å². The third-order valence-corrected chi connectivity index (χ3v) is 5.00. The Labute approximate surface area is 186 Å². The molecule has 0 aliphatic carbocycles. The molecule has 2 aromatic rings. The molecule has 0 unspecified atom stereocenters. The van der Waals surface area contributed by atoms with Crippen molar-refractivity contribution in [1.29, 1.82) is 0 Å². The van der Waals surface area contributed by atoms with E-state index in [1.165, 1.54) is 13.1 Å². The summed E-state index contributed by atoms with van der Waals surface area (Å²) < 4.78 is 11.0. The molecular formula is C22H27ClN4O4. The molecule has 1 aromatic carbocycles. The fraction of sp³-hybridized carbons (Fsp3) is 0.409. The molecule has 2 heterocycles.